The third-order valence-electron chi connectivity index (χ3n) is 6.75. The summed E-state index contributed by atoms with van der Waals surface area (Å²) in [4.78, 5) is 39.2. The first kappa shape index (κ1) is 15.8. The van der Waals surface area contributed by atoms with Crippen molar-refractivity contribution in [3.63, 3.8) is 0 Å². The van der Waals surface area contributed by atoms with Crippen LogP contribution in [0.5, 0.6) is 5.75 Å². The third-order valence-corrected chi connectivity index (χ3v) is 6.75. The van der Waals surface area contributed by atoms with Gasteiger partial charge in [-0.3, -0.25) is 14.5 Å². The first-order valence-corrected chi connectivity index (χ1v) is 9.27. The standard InChI is InChI=1S/C21H21NO4/c1-10-3-4-12(7-11(10)2)26-17(23)9-22-20(24)18-13-5-6-14(16-8-15(13)16)19(18)21(22)25/h3-7,13-16,18-19H,8-9H2,1-2H3/t13-,14-,15-,16+,18-,19+/m0/s1. The zero-order chi connectivity index (χ0) is 18.2. The van der Waals surface area contributed by atoms with Gasteiger partial charge in [0, 0.05) is 0 Å². The van der Waals surface area contributed by atoms with Crippen molar-refractivity contribution in [2.45, 2.75) is 20.3 Å². The molecule has 2 saturated carbocycles. The van der Waals surface area contributed by atoms with Crippen LogP contribution in [0.4, 0.5) is 0 Å². The molecule has 1 aliphatic heterocycles. The minimum absolute atomic E-state index is 0.173. The molecule has 0 aromatic heterocycles. The number of rotatable bonds is 3. The van der Waals surface area contributed by atoms with E-state index in [0.29, 0.717) is 17.6 Å². The van der Waals surface area contributed by atoms with E-state index in [0.717, 1.165) is 22.4 Å². The molecule has 1 saturated heterocycles. The van der Waals surface area contributed by atoms with Gasteiger partial charge in [0.2, 0.25) is 11.8 Å². The van der Waals surface area contributed by atoms with E-state index in [4.69, 9.17) is 4.74 Å². The molecule has 0 unspecified atom stereocenters. The molecule has 2 amide bonds. The fourth-order valence-corrected chi connectivity index (χ4v) is 5.24. The second kappa shape index (κ2) is 5.29. The number of ether oxygens (including phenoxy) is 1. The number of aryl methyl sites for hydroxylation is 2. The number of allylic oxidation sites excluding steroid dienone is 2. The van der Waals surface area contributed by atoms with E-state index in [-0.39, 0.29) is 42.0 Å². The Balaban J connectivity index is 1.32. The second-order valence-electron chi connectivity index (χ2n) is 8.14. The maximum atomic E-state index is 12.9. The van der Waals surface area contributed by atoms with Crippen LogP contribution in [0.3, 0.4) is 0 Å². The van der Waals surface area contributed by atoms with E-state index in [1.54, 1.807) is 12.1 Å². The molecule has 2 bridgehead atoms. The van der Waals surface area contributed by atoms with Crippen LogP contribution in [0.25, 0.3) is 0 Å². The number of nitrogens with zero attached hydrogens (tertiary/aromatic N) is 1. The number of carbonyl (C=O) groups is 3. The lowest BCUT2D eigenvalue weighted by molar-refractivity contribution is -0.148. The number of esters is 1. The fraction of sp³-hybridized carbons (Fsp3) is 0.476. The normalized spacial score (nSPS) is 36.2. The van der Waals surface area contributed by atoms with Gasteiger partial charge in [-0.25, -0.2) is 4.79 Å². The monoisotopic (exact) mass is 351 g/mol. The highest BCUT2D eigenvalue weighted by molar-refractivity contribution is 6.08. The topological polar surface area (TPSA) is 63.7 Å². The molecule has 6 rings (SSSR count). The predicted molar refractivity (Wildman–Crippen MR) is 93.0 cm³/mol. The SMILES string of the molecule is Cc1ccc(OC(=O)CN2C(=O)[C@@H]3[C@H]4C=C[C@@H]([C@@H]5C[C@H]45)[C@@H]3C2=O)cc1C. The van der Waals surface area contributed by atoms with Gasteiger partial charge in [-0.05, 0) is 67.2 Å². The number of likely N-dealkylation sites (tertiary alicyclic amines) is 1. The summed E-state index contributed by atoms with van der Waals surface area (Å²) in [6.45, 7) is 3.63. The Kier molecular flexibility index (Phi) is 3.21. The van der Waals surface area contributed by atoms with Gasteiger partial charge in [0.05, 0.1) is 11.8 Å². The van der Waals surface area contributed by atoms with Crippen molar-refractivity contribution in [2.75, 3.05) is 6.54 Å². The molecule has 1 heterocycles. The van der Waals surface area contributed by atoms with E-state index in [2.05, 4.69) is 12.2 Å². The number of imide groups is 1. The summed E-state index contributed by atoms with van der Waals surface area (Å²) in [6, 6.07) is 5.40. The number of carbonyl (C=O) groups excluding carboxylic acids is 3. The Morgan fingerprint density at radius 1 is 1.04 bits per heavy atom. The molecule has 3 fully saturated rings. The molecule has 0 radical (unpaired) electrons. The van der Waals surface area contributed by atoms with E-state index in [9.17, 15) is 14.4 Å². The minimum atomic E-state index is -0.570. The van der Waals surface area contributed by atoms with Gasteiger partial charge in [-0.1, -0.05) is 18.2 Å². The largest absolute Gasteiger partial charge is 0.425 e. The lowest BCUT2D eigenvalue weighted by atomic mass is 9.63. The molecule has 26 heavy (non-hydrogen) atoms. The first-order valence-electron chi connectivity index (χ1n) is 9.27. The van der Waals surface area contributed by atoms with Crippen molar-refractivity contribution >= 4 is 17.8 Å². The van der Waals surface area contributed by atoms with Crippen LogP contribution in [0.2, 0.25) is 0 Å². The second-order valence-corrected chi connectivity index (χ2v) is 8.14. The highest BCUT2D eigenvalue weighted by atomic mass is 16.5. The average Bonchev–Trinajstić information content (AvgIpc) is 3.39. The van der Waals surface area contributed by atoms with Gasteiger partial charge >= 0.3 is 5.97 Å². The first-order chi connectivity index (χ1) is 12.5. The van der Waals surface area contributed by atoms with E-state index in [1.165, 1.54) is 0 Å². The Morgan fingerprint density at radius 3 is 2.23 bits per heavy atom. The van der Waals surface area contributed by atoms with E-state index >= 15 is 0 Å². The molecule has 1 aromatic rings. The van der Waals surface area contributed by atoms with Crippen LogP contribution in [-0.4, -0.2) is 29.2 Å². The molecule has 5 heteroatoms. The van der Waals surface area contributed by atoms with Crippen LogP contribution >= 0.6 is 0 Å². The van der Waals surface area contributed by atoms with Gasteiger partial charge < -0.3 is 4.74 Å². The summed E-state index contributed by atoms with van der Waals surface area (Å²) in [5, 5.41) is 0. The average molecular weight is 351 g/mol. The summed E-state index contributed by atoms with van der Waals surface area (Å²) in [5.41, 5.74) is 2.14. The highest BCUT2D eigenvalue weighted by Gasteiger charge is 2.67. The number of benzene rings is 1. The number of amides is 2. The summed E-state index contributed by atoms with van der Waals surface area (Å²) >= 11 is 0. The van der Waals surface area contributed by atoms with Crippen LogP contribution in [0, 0.1) is 49.4 Å². The van der Waals surface area contributed by atoms with Crippen LogP contribution < -0.4 is 4.74 Å². The van der Waals surface area contributed by atoms with Crippen molar-refractivity contribution in [1.29, 1.82) is 0 Å². The molecule has 5 aliphatic rings. The van der Waals surface area contributed by atoms with Crippen molar-refractivity contribution < 1.29 is 19.1 Å². The van der Waals surface area contributed by atoms with Crippen molar-refractivity contribution in [3.05, 3.63) is 41.5 Å². The quantitative estimate of drug-likeness (QED) is 0.363. The summed E-state index contributed by atoms with van der Waals surface area (Å²) in [7, 11) is 0. The lowest BCUT2D eigenvalue weighted by Crippen LogP contribution is -2.40. The van der Waals surface area contributed by atoms with Gasteiger partial charge in [-0.15, -0.1) is 0 Å². The van der Waals surface area contributed by atoms with Crippen molar-refractivity contribution in [2.24, 2.45) is 35.5 Å². The van der Waals surface area contributed by atoms with Crippen LogP contribution in [0.1, 0.15) is 17.5 Å². The van der Waals surface area contributed by atoms with Gasteiger partial charge in [-0.2, -0.15) is 0 Å². The molecule has 0 N–H and O–H groups in total. The zero-order valence-corrected chi connectivity index (χ0v) is 14.8. The summed E-state index contributed by atoms with van der Waals surface area (Å²) in [6.07, 6.45) is 5.38. The molecule has 6 atom stereocenters. The highest BCUT2D eigenvalue weighted by Crippen LogP contribution is 2.65. The minimum Gasteiger partial charge on any atom is -0.425 e. The number of hydrogen-bond acceptors (Lipinski definition) is 4. The predicted octanol–water partition coefficient (Wildman–Crippen LogP) is 2.26. The smallest absolute Gasteiger partial charge is 0.331 e. The molecule has 5 nitrogen and oxygen atoms in total. The molecular formula is C21H21NO4. The molecule has 0 spiro atoms. The van der Waals surface area contributed by atoms with Crippen LogP contribution in [0.15, 0.2) is 30.4 Å². The number of hydrogen-bond donors (Lipinski definition) is 0. The fourth-order valence-electron chi connectivity index (χ4n) is 5.24. The molecule has 1 aromatic carbocycles. The maximum Gasteiger partial charge on any atom is 0.331 e. The zero-order valence-electron chi connectivity index (χ0n) is 14.8. The molecule has 134 valence electrons. The van der Waals surface area contributed by atoms with E-state index < -0.39 is 5.97 Å². The van der Waals surface area contributed by atoms with E-state index in [1.807, 2.05) is 19.9 Å². The van der Waals surface area contributed by atoms with Gasteiger partial charge in [0.1, 0.15) is 12.3 Å². The molecule has 4 aliphatic carbocycles. The Bertz CT molecular complexity index is 837. The summed E-state index contributed by atoms with van der Waals surface area (Å²) < 4.78 is 5.36. The third kappa shape index (κ3) is 2.12. The maximum absolute atomic E-state index is 12.9. The summed E-state index contributed by atoms with van der Waals surface area (Å²) in [5.74, 6) is 0.418. The van der Waals surface area contributed by atoms with Crippen molar-refractivity contribution in [1.82, 2.24) is 4.90 Å². The Hall–Kier alpha value is -2.43. The van der Waals surface area contributed by atoms with Gasteiger partial charge in [0.15, 0.2) is 0 Å². The molecular weight excluding hydrogens is 330 g/mol. The Labute approximate surface area is 152 Å². The Morgan fingerprint density at radius 2 is 1.65 bits per heavy atom. The van der Waals surface area contributed by atoms with Gasteiger partial charge in [0.25, 0.3) is 0 Å². The lowest BCUT2D eigenvalue weighted by Gasteiger charge is -2.37. The van der Waals surface area contributed by atoms with Crippen LogP contribution in [-0.2, 0) is 14.4 Å². The van der Waals surface area contributed by atoms with Crippen molar-refractivity contribution in [3.8, 4) is 5.75 Å².